The topological polar surface area (TPSA) is 61.4 Å². The first-order chi connectivity index (χ1) is 9.63. The number of thioether (sulfide) groups is 1. The second-order valence-corrected chi connectivity index (χ2v) is 6.29. The molecule has 0 bridgehead atoms. The van der Waals surface area contributed by atoms with Crippen molar-refractivity contribution < 1.29 is 9.90 Å². The van der Waals surface area contributed by atoms with Gasteiger partial charge in [-0.25, -0.2) is 4.79 Å². The number of aryl methyl sites for hydroxylation is 1. The van der Waals surface area contributed by atoms with E-state index in [4.69, 9.17) is 0 Å². The second kappa shape index (κ2) is 6.99. The zero-order valence-electron chi connectivity index (χ0n) is 11.8. The summed E-state index contributed by atoms with van der Waals surface area (Å²) in [6.45, 7) is 2.94. The molecule has 1 unspecified atom stereocenters. The van der Waals surface area contributed by atoms with Crippen LogP contribution in [0.1, 0.15) is 24.5 Å². The highest BCUT2D eigenvalue weighted by molar-refractivity contribution is 7.99. The number of benzene rings is 1. The molecule has 110 valence electrons. The third-order valence-corrected chi connectivity index (χ3v) is 4.83. The Morgan fingerprint density at radius 1 is 1.35 bits per heavy atom. The number of urea groups is 1. The van der Waals surface area contributed by atoms with Crippen LogP contribution in [0, 0.1) is 0 Å². The minimum absolute atomic E-state index is 0.221. The van der Waals surface area contributed by atoms with E-state index in [1.807, 2.05) is 18.2 Å². The maximum Gasteiger partial charge on any atom is 0.315 e. The van der Waals surface area contributed by atoms with E-state index >= 15 is 0 Å². The largest absolute Gasteiger partial charge is 0.387 e. The third-order valence-electron chi connectivity index (χ3n) is 3.60. The predicted octanol–water partition coefficient (Wildman–Crippen LogP) is 1.92. The normalized spacial score (nSPS) is 21.7. The Morgan fingerprint density at radius 2 is 2.10 bits per heavy atom. The average molecular weight is 294 g/mol. The number of hydrogen-bond acceptors (Lipinski definition) is 3. The van der Waals surface area contributed by atoms with E-state index in [9.17, 15) is 9.90 Å². The monoisotopic (exact) mass is 294 g/mol. The lowest BCUT2D eigenvalue weighted by molar-refractivity contribution is 0.0700. The zero-order chi connectivity index (χ0) is 14.4. The van der Waals surface area contributed by atoms with E-state index in [0.29, 0.717) is 18.8 Å². The lowest BCUT2D eigenvalue weighted by Gasteiger charge is -2.21. The minimum Gasteiger partial charge on any atom is -0.387 e. The molecule has 2 rings (SSSR count). The van der Waals surface area contributed by atoms with Crippen LogP contribution < -0.4 is 10.6 Å². The molecule has 1 fully saturated rings. The molecule has 0 radical (unpaired) electrons. The van der Waals surface area contributed by atoms with Crippen LogP contribution in [0.4, 0.5) is 4.79 Å². The summed E-state index contributed by atoms with van der Waals surface area (Å²) in [5.74, 6) is 1.66. The summed E-state index contributed by atoms with van der Waals surface area (Å²) in [7, 11) is 0. The van der Waals surface area contributed by atoms with Gasteiger partial charge < -0.3 is 15.7 Å². The molecule has 1 aliphatic rings. The van der Waals surface area contributed by atoms with Gasteiger partial charge in [0, 0.05) is 18.8 Å². The van der Waals surface area contributed by atoms with E-state index in [1.54, 1.807) is 11.8 Å². The smallest absolute Gasteiger partial charge is 0.315 e. The van der Waals surface area contributed by atoms with Crippen molar-refractivity contribution in [1.29, 1.82) is 0 Å². The maximum absolute atomic E-state index is 11.8. The summed E-state index contributed by atoms with van der Waals surface area (Å²) in [6, 6.07) is 7.87. The van der Waals surface area contributed by atoms with Gasteiger partial charge in [0.1, 0.15) is 0 Å². The van der Waals surface area contributed by atoms with Crippen LogP contribution in [0.2, 0.25) is 0 Å². The fourth-order valence-corrected chi connectivity index (χ4v) is 3.59. The molecule has 5 heteroatoms. The highest BCUT2D eigenvalue weighted by Gasteiger charge is 2.31. The standard InChI is InChI=1S/C15H22N2O2S/c1-2-12-5-3-4-6-13(12)9-16-14(18)17-10-15(19)7-8-20-11-15/h3-6,19H,2,7-11H2,1H3,(H2,16,17,18). The number of amides is 2. The van der Waals surface area contributed by atoms with Gasteiger partial charge in [0.25, 0.3) is 0 Å². The minimum atomic E-state index is -0.733. The fraction of sp³-hybridized carbons (Fsp3) is 0.533. The summed E-state index contributed by atoms with van der Waals surface area (Å²) in [5.41, 5.74) is 1.66. The van der Waals surface area contributed by atoms with Gasteiger partial charge in [0.15, 0.2) is 0 Å². The van der Waals surface area contributed by atoms with E-state index in [-0.39, 0.29) is 6.03 Å². The molecule has 1 aliphatic heterocycles. The van der Waals surface area contributed by atoms with Gasteiger partial charge in [-0.1, -0.05) is 31.2 Å². The second-order valence-electron chi connectivity index (χ2n) is 5.19. The van der Waals surface area contributed by atoms with E-state index in [2.05, 4.69) is 23.6 Å². The van der Waals surface area contributed by atoms with Gasteiger partial charge in [0.2, 0.25) is 0 Å². The molecule has 3 N–H and O–H groups in total. The summed E-state index contributed by atoms with van der Waals surface area (Å²) < 4.78 is 0. The first-order valence-corrected chi connectivity index (χ1v) is 8.17. The van der Waals surface area contributed by atoms with Crippen molar-refractivity contribution in [3.05, 3.63) is 35.4 Å². The van der Waals surface area contributed by atoms with Crippen molar-refractivity contribution in [3.8, 4) is 0 Å². The van der Waals surface area contributed by atoms with Gasteiger partial charge in [-0.05, 0) is 29.7 Å². The molecule has 0 aliphatic carbocycles. The van der Waals surface area contributed by atoms with E-state index < -0.39 is 5.60 Å². The highest BCUT2D eigenvalue weighted by Crippen LogP contribution is 2.26. The van der Waals surface area contributed by atoms with Crippen LogP contribution in [0.5, 0.6) is 0 Å². The number of aliphatic hydroxyl groups is 1. The van der Waals surface area contributed by atoms with Gasteiger partial charge in [-0.3, -0.25) is 0 Å². The molecular weight excluding hydrogens is 272 g/mol. The first-order valence-electron chi connectivity index (χ1n) is 7.01. The Kier molecular flexibility index (Phi) is 5.31. The fourth-order valence-electron chi connectivity index (χ4n) is 2.29. The number of rotatable bonds is 5. The molecule has 1 heterocycles. The molecule has 0 saturated carbocycles. The SMILES string of the molecule is CCc1ccccc1CNC(=O)NCC1(O)CCSC1. The van der Waals surface area contributed by atoms with Crippen LogP contribution >= 0.6 is 11.8 Å². The maximum atomic E-state index is 11.8. The lowest BCUT2D eigenvalue weighted by atomic mass is 10.0. The van der Waals surface area contributed by atoms with Crippen LogP contribution in [0.25, 0.3) is 0 Å². The van der Waals surface area contributed by atoms with Crippen molar-refractivity contribution in [1.82, 2.24) is 10.6 Å². The van der Waals surface area contributed by atoms with Gasteiger partial charge in [-0.15, -0.1) is 0 Å². The summed E-state index contributed by atoms with van der Waals surface area (Å²) >= 11 is 1.73. The zero-order valence-corrected chi connectivity index (χ0v) is 12.6. The molecule has 4 nitrogen and oxygen atoms in total. The third kappa shape index (κ3) is 4.15. The molecular formula is C15H22N2O2S. The molecule has 1 saturated heterocycles. The van der Waals surface area contributed by atoms with E-state index in [0.717, 1.165) is 24.2 Å². The van der Waals surface area contributed by atoms with Gasteiger partial charge in [0.05, 0.1) is 5.60 Å². The highest BCUT2D eigenvalue weighted by atomic mass is 32.2. The Balaban J connectivity index is 1.77. The quantitative estimate of drug-likeness (QED) is 0.777. The summed E-state index contributed by atoms with van der Waals surface area (Å²) in [6.07, 6.45) is 1.70. The van der Waals surface area contributed by atoms with Crippen molar-refractivity contribution in [2.24, 2.45) is 0 Å². The number of nitrogens with one attached hydrogen (secondary N) is 2. The lowest BCUT2D eigenvalue weighted by Crippen LogP contribution is -2.46. The Morgan fingerprint density at radius 3 is 2.75 bits per heavy atom. The Hall–Kier alpha value is -1.20. The first kappa shape index (κ1) is 15.2. The van der Waals surface area contributed by atoms with Gasteiger partial charge >= 0.3 is 6.03 Å². The Labute approximate surface area is 124 Å². The molecule has 2 amide bonds. The van der Waals surface area contributed by atoms with Crippen molar-refractivity contribution in [3.63, 3.8) is 0 Å². The summed E-state index contributed by atoms with van der Waals surface area (Å²) in [5, 5.41) is 15.8. The molecule has 1 aromatic carbocycles. The van der Waals surface area contributed by atoms with Crippen LogP contribution in [-0.4, -0.2) is 34.8 Å². The molecule has 1 atom stereocenters. The molecule has 1 aromatic rings. The predicted molar refractivity (Wildman–Crippen MR) is 83.0 cm³/mol. The number of carbonyl (C=O) groups is 1. The van der Waals surface area contributed by atoms with Crippen molar-refractivity contribution >= 4 is 17.8 Å². The number of carbonyl (C=O) groups excluding carboxylic acids is 1. The van der Waals surface area contributed by atoms with Crippen molar-refractivity contribution in [2.45, 2.75) is 31.9 Å². The Bertz CT molecular complexity index is 459. The molecule has 0 spiro atoms. The summed E-state index contributed by atoms with van der Waals surface area (Å²) in [4.78, 5) is 11.8. The van der Waals surface area contributed by atoms with E-state index in [1.165, 1.54) is 5.56 Å². The average Bonchev–Trinajstić information content (AvgIpc) is 2.90. The van der Waals surface area contributed by atoms with Crippen LogP contribution in [0.15, 0.2) is 24.3 Å². The number of hydrogen-bond donors (Lipinski definition) is 3. The van der Waals surface area contributed by atoms with Crippen LogP contribution in [-0.2, 0) is 13.0 Å². The molecule has 20 heavy (non-hydrogen) atoms. The van der Waals surface area contributed by atoms with Gasteiger partial charge in [-0.2, -0.15) is 11.8 Å². The van der Waals surface area contributed by atoms with Crippen molar-refractivity contribution in [2.75, 3.05) is 18.1 Å². The van der Waals surface area contributed by atoms with Crippen LogP contribution in [0.3, 0.4) is 0 Å². The molecule has 0 aromatic heterocycles.